The molecule has 1 fully saturated rings. The van der Waals surface area contributed by atoms with Crippen LogP contribution in [0, 0.1) is 0 Å². The fourth-order valence-corrected chi connectivity index (χ4v) is 3.06. The summed E-state index contributed by atoms with van der Waals surface area (Å²) in [6, 6.07) is 11.3. The van der Waals surface area contributed by atoms with E-state index in [-0.39, 0.29) is 5.91 Å². The Morgan fingerprint density at radius 1 is 0.957 bits per heavy atom. The van der Waals surface area contributed by atoms with Crippen molar-refractivity contribution in [3.8, 4) is 11.3 Å². The maximum atomic E-state index is 12.7. The number of carbonyl (C=O) groups is 1. The molecule has 120 valence electrons. The summed E-state index contributed by atoms with van der Waals surface area (Å²) >= 11 is 0. The van der Waals surface area contributed by atoms with Gasteiger partial charge in [-0.1, -0.05) is 31.4 Å². The lowest BCUT2D eigenvalue weighted by Crippen LogP contribution is -2.33. The smallest absolute Gasteiger partial charge is 0.253 e. The number of nitrogens with two attached hydrogens (primary N) is 1. The second-order valence-corrected chi connectivity index (χ2v) is 6.08. The highest BCUT2D eigenvalue weighted by molar-refractivity contribution is 5.94. The van der Waals surface area contributed by atoms with Crippen LogP contribution in [-0.2, 0) is 0 Å². The molecule has 0 aliphatic carbocycles. The first-order chi connectivity index (χ1) is 11.3. The van der Waals surface area contributed by atoms with Crippen LogP contribution in [0.5, 0.6) is 0 Å². The van der Waals surface area contributed by atoms with Crippen molar-refractivity contribution >= 4 is 11.6 Å². The highest BCUT2D eigenvalue weighted by Gasteiger charge is 2.16. The number of hydrogen-bond donors (Lipinski definition) is 1. The number of carbonyl (C=O) groups excluding carboxylic acids is 1. The first-order valence-corrected chi connectivity index (χ1v) is 8.36. The molecule has 1 aliphatic heterocycles. The molecule has 1 aromatic heterocycles. The number of pyridine rings is 1. The molecular formula is C19H23N3O. The van der Waals surface area contributed by atoms with Crippen molar-refractivity contribution in [2.75, 3.05) is 18.8 Å². The molecule has 0 bridgehead atoms. The van der Waals surface area contributed by atoms with Gasteiger partial charge in [-0.25, -0.2) is 0 Å². The molecule has 1 aliphatic rings. The van der Waals surface area contributed by atoms with Gasteiger partial charge in [0.05, 0.1) is 11.4 Å². The van der Waals surface area contributed by atoms with Gasteiger partial charge in [0.2, 0.25) is 0 Å². The topological polar surface area (TPSA) is 59.2 Å². The van der Waals surface area contributed by atoms with E-state index < -0.39 is 0 Å². The van der Waals surface area contributed by atoms with E-state index in [2.05, 4.69) is 4.98 Å². The highest BCUT2D eigenvalue weighted by atomic mass is 16.2. The van der Waals surface area contributed by atoms with E-state index >= 15 is 0 Å². The van der Waals surface area contributed by atoms with Crippen LogP contribution in [0.4, 0.5) is 5.69 Å². The van der Waals surface area contributed by atoms with Crippen LogP contribution in [0.2, 0.25) is 0 Å². The van der Waals surface area contributed by atoms with Crippen molar-refractivity contribution in [1.29, 1.82) is 0 Å². The molecule has 4 nitrogen and oxygen atoms in total. The van der Waals surface area contributed by atoms with E-state index in [1.54, 1.807) is 6.20 Å². The Morgan fingerprint density at radius 3 is 2.26 bits per heavy atom. The minimum Gasteiger partial charge on any atom is -0.397 e. The van der Waals surface area contributed by atoms with Crippen LogP contribution in [0.3, 0.4) is 0 Å². The number of aromatic nitrogens is 1. The maximum absolute atomic E-state index is 12.7. The Kier molecular flexibility index (Phi) is 4.91. The standard InChI is InChI=1S/C19H23N3O/c20-17-7-6-12-21-18(17)15-8-10-16(11-9-15)19(23)22-13-4-2-1-3-5-14-22/h6-12H,1-5,13-14,20H2. The number of rotatable bonds is 2. The zero-order chi connectivity index (χ0) is 16.1. The van der Waals surface area contributed by atoms with Crippen molar-refractivity contribution in [3.05, 3.63) is 48.2 Å². The molecule has 3 rings (SSSR count). The summed E-state index contributed by atoms with van der Waals surface area (Å²) in [4.78, 5) is 19.0. The molecule has 2 heterocycles. The summed E-state index contributed by atoms with van der Waals surface area (Å²) in [5.41, 5.74) is 9.05. The van der Waals surface area contributed by atoms with Crippen LogP contribution in [0.25, 0.3) is 11.3 Å². The average Bonchev–Trinajstić information content (AvgIpc) is 2.55. The zero-order valence-electron chi connectivity index (χ0n) is 13.4. The van der Waals surface area contributed by atoms with E-state index in [1.807, 2.05) is 41.3 Å². The van der Waals surface area contributed by atoms with Crippen molar-refractivity contribution < 1.29 is 4.79 Å². The molecule has 2 N–H and O–H groups in total. The number of anilines is 1. The first kappa shape index (κ1) is 15.5. The van der Waals surface area contributed by atoms with Gasteiger partial charge in [-0.05, 0) is 37.1 Å². The van der Waals surface area contributed by atoms with Crippen LogP contribution >= 0.6 is 0 Å². The molecule has 0 radical (unpaired) electrons. The Bertz CT molecular complexity index is 659. The third kappa shape index (κ3) is 3.70. The van der Waals surface area contributed by atoms with Gasteiger partial charge in [-0.3, -0.25) is 9.78 Å². The van der Waals surface area contributed by atoms with Gasteiger partial charge < -0.3 is 10.6 Å². The minimum absolute atomic E-state index is 0.132. The summed E-state index contributed by atoms with van der Waals surface area (Å²) in [7, 11) is 0. The van der Waals surface area contributed by atoms with Gasteiger partial charge >= 0.3 is 0 Å². The zero-order valence-corrected chi connectivity index (χ0v) is 13.4. The number of likely N-dealkylation sites (tertiary alicyclic amines) is 1. The van der Waals surface area contributed by atoms with Crippen LogP contribution in [0.15, 0.2) is 42.6 Å². The van der Waals surface area contributed by atoms with E-state index in [0.717, 1.165) is 42.8 Å². The Labute approximate surface area is 137 Å². The monoisotopic (exact) mass is 309 g/mol. The fourth-order valence-electron chi connectivity index (χ4n) is 3.06. The number of nitrogen functional groups attached to an aromatic ring is 1. The Balaban J connectivity index is 1.76. The third-order valence-corrected chi connectivity index (χ3v) is 4.39. The summed E-state index contributed by atoms with van der Waals surface area (Å²) in [6.07, 6.45) is 7.68. The molecule has 0 unspecified atom stereocenters. The summed E-state index contributed by atoms with van der Waals surface area (Å²) in [5, 5.41) is 0. The summed E-state index contributed by atoms with van der Waals surface area (Å²) < 4.78 is 0. The molecule has 2 aromatic rings. The normalized spacial score (nSPS) is 15.7. The lowest BCUT2D eigenvalue weighted by molar-refractivity contribution is 0.0742. The van der Waals surface area contributed by atoms with Crippen molar-refractivity contribution in [2.24, 2.45) is 0 Å². The molecule has 1 saturated heterocycles. The molecule has 0 spiro atoms. The second kappa shape index (κ2) is 7.27. The van der Waals surface area contributed by atoms with Gasteiger partial charge in [0, 0.05) is 30.4 Å². The average molecular weight is 309 g/mol. The van der Waals surface area contributed by atoms with E-state index in [1.165, 1.54) is 19.3 Å². The predicted octanol–water partition coefficient (Wildman–Crippen LogP) is 3.74. The molecule has 4 heteroatoms. The highest BCUT2D eigenvalue weighted by Crippen LogP contribution is 2.23. The molecule has 0 atom stereocenters. The second-order valence-electron chi connectivity index (χ2n) is 6.08. The molecule has 23 heavy (non-hydrogen) atoms. The van der Waals surface area contributed by atoms with Crippen LogP contribution in [-0.4, -0.2) is 28.9 Å². The lowest BCUT2D eigenvalue weighted by Gasteiger charge is -2.25. The van der Waals surface area contributed by atoms with Crippen molar-refractivity contribution in [3.63, 3.8) is 0 Å². The molecular weight excluding hydrogens is 286 g/mol. The molecule has 1 aromatic carbocycles. The number of amides is 1. The minimum atomic E-state index is 0.132. The Hall–Kier alpha value is -2.36. The van der Waals surface area contributed by atoms with Gasteiger partial charge in [-0.15, -0.1) is 0 Å². The fraction of sp³-hybridized carbons (Fsp3) is 0.368. The first-order valence-electron chi connectivity index (χ1n) is 8.36. The third-order valence-electron chi connectivity index (χ3n) is 4.39. The van der Waals surface area contributed by atoms with Gasteiger partial charge in [0.15, 0.2) is 0 Å². The largest absolute Gasteiger partial charge is 0.397 e. The summed E-state index contributed by atoms with van der Waals surface area (Å²) in [5.74, 6) is 0.132. The van der Waals surface area contributed by atoms with Gasteiger partial charge in [-0.2, -0.15) is 0 Å². The van der Waals surface area contributed by atoms with Crippen LogP contribution in [0.1, 0.15) is 42.5 Å². The van der Waals surface area contributed by atoms with Crippen molar-refractivity contribution in [1.82, 2.24) is 9.88 Å². The number of benzene rings is 1. The van der Waals surface area contributed by atoms with E-state index in [9.17, 15) is 4.79 Å². The summed E-state index contributed by atoms with van der Waals surface area (Å²) in [6.45, 7) is 1.74. The SMILES string of the molecule is Nc1cccnc1-c1ccc(C(=O)N2CCCCCCC2)cc1. The molecule has 0 saturated carbocycles. The van der Waals surface area contributed by atoms with Crippen LogP contribution < -0.4 is 5.73 Å². The predicted molar refractivity (Wildman–Crippen MR) is 93.1 cm³/mol. The van der Waals surface area contributed by atoms with Gasteiger partial charge in [0.25, 0.3) is 5.91 Å². The number of nitrogens with zero attached hydrogens (tertiary/aromatic N) is 2. The quantitative estimate of drug-likeness (QED) is 0.919. The lowest BCUT2D eigenvalue weighted by atomic mass is 10.0. The van der Waals surface area contributed by atoms with E-state index in [0.29, 0.717) is 5.69 Å². The number of hydrogen-bond acceptors (Lipinski definition) is 3. The van der Waals surface area contributed by atoms with Crippen molar-refractivity contribution in [2.45, 2.75) is 32.1 Å². The Morgan fingerprint density at radius 2 is 1.61 bits per heavy atom. The van der Waals surface area contributed by atoms with Gasteiger partial charge in [0.1, 0.15) is 0 Å². The maximum Gasteiger partial charge on any atom is 0.253 e. The van der Waals surface area contributed by atoms with E-state index in [4.69, 9.17) is 5.73 Å². The molecule has 1 amide bonds.